The number of carbonyl (C=O) groups is 4. The van der Waals surface area contributed by atoms with Gasteiger partial charge in [-0.25, -0.2) is 4.90 Å². The van der Waals surface area contributed by atoms with Crippen LogP contribution in [0.15, 0.2) is 48.5 Å². The largest absolute Gasteiger partial charge is 0.326 e. The molecule has 7 heteroatoms. The molecule has 31 heavy (non-hydrogen) atoms. The first-order valence-electron chi connectivity index (χ1n) is 10.4. The van der Waals surface area contributed by atoms with E-state index >= 15 is 0 Å². The number of rotatable bonds is 6. The zero-order valence-corrected chi connectivity index (χ0v) is 18.2. The summed E-state index contributed by atoms with van der Waals surface area (Å²) in [5.74, 6) is -1.24. The minimum Gasteiger partial charge on any atom is -0.326 e. The number of hydrogen-bond donors (Lipinski definition) is 1. The Hall–Kier alpha value is -3.48. The van der Waals surface area contributed by atoms with E-state index in [0.717, 1.165) is 10.5 Å². The fraction of sp³-hybridized carbons (Fsp3) is 0.333. The molecule has 0 aliphatic carbocycles. The third-order valence-corrected chi connectivity index (χ3v) is 5.47. The number of amides is 4. The van der Waals surface area contributed by atoms with Crippen LogP contribution in [0.5, 0.6) is 0 Å². The molecule has 1 fully saturated rings. The molecule has 0 saturated carbocycles. The van der Waals surface area contributed by atoms with Gasteiger partial charge in [-0.1, -0.05) is 24.6 Å². The highest BCUT2D eigenvalue weighted by atomic mass is 16.2. The number of anilines is 2. The van der Waals surface area contributed by atoms with Crippen LogP contribution in [0.1, 0.15) is 49.5 Å². The number of carbonyl (C=O) groups excluding carboxylic acids is 4. The standard InChI is InChI=1S/C24H27N3O4/c1-5-16(3)26(23(30)18-8-6-7-15(2)13-18)21-14-22(29)27(24(21)31)20-11-9-19(10-12-20)25-17(4)28/h6-13,16,21H,5,14H2,1-4H3,(H,25,28). The maximum absolute atomic E-state index is 13.3. The predicted octanol–water partition coefficient (Wildman–Crippen LogP) is 3.53. The van der Waals surface area contributed by atoms with Crippen LogP contribution >= 0.6 is 0 Å². The molecular weight excluding hydrogens is 394 g/mol. The quantitative estimate of drug-likeness (QED) is 0.723. The van der Waals surface area contributed by atoms with Gasteiger partial charge in [0.1, 0.15) is 6.04 Å². The lowest BCUT2D eigenvalue weighted by Crippen LogP contribution is -2.49. The Kier molecular flexibility index (Phi) is 6.53. The molecule has 1 saturated heterocycles. The van der Waals surface area contributed by atoms with Crippen LogP contribution in [0.2, 0.25) is 0 Å². The zero-order chi connectivity index (χ0) is 22.7. The average molecular weight is 421 g/mol. The summed E-state index contributed by atoms with van der Waals surface area (Å²) in [5, 5.41) is 2.65. The lowest BCUT2D eigenvalue weighted by atomic mass is 10.0. The minimum atomic E-state index is -0.856. The Bertz CT molecular complexity index is 1020. The maximum atomic E-state index is 13.3. The number of nitrogens with one attached hydrogen (secondary N) is 1. The van der Waals surface area contributed by atoms with Crippen molar-refractivity contribution in [1.82, 2.24) is 4.90 Å². The van der Waals surface area contributed by atoms with Crippen LogP contribution in [-0.4, -0.2) is 40.6 Å². The van der Waals surface area contributed by atoms with Gasteiger partial charge in [0.2, 0.25) is 11.8 Å². The first kappa shape index (κ1) is 22.2. The van der Waals surface area contributed by atoms with Crippen LogP contribution < -0.4 is 10.2 Å². The SMILES string of the molecule is CCC(C)N(C(=O)c1cccc(C)c1)C1CC(=O)N(c2ccc(NC(C)=O)cc2)C1=O. The van der Waals surface area contributed by atoms with Crippen molar-refractivity contribution < 1.29 is 19.2 Å². The number of hydrogen-bond acceptors (Lipinski definition) is 4. The van der Waals surface area contributed by atoms with Gasteiger partial charge in [-0.05, 0) is 56.7 Å². The Morgan fingerprint density at radius 1 is 1.16 bits per heavy atom. The van der Waals surface area contributed by atoms with E-state index < -0.39 is 11.9 Å². The fourth-order valence-corrected chi connectivity index (χ4v) is 3.77. The molecule has 7 nitrogen and oxygen atoms in total. The fourth-order valence-electron chi connectivity index (χ4n) is 3.77. The summed E-state index contributed by atoms with van der Waals surface area (Å²) >= 11 is 0. The van der Waals surface area contributed by atoms with Crippen molar-refractivity contribution in [3.05, 3.63) is 59.7 Å². The highest BCUT2D eigenvalue weighted by Crippen LogP contribution is 2.29. The molecule has 162 valence electrons. The van der Waals surface area contributed by atoms with Crippen molar-refractivity contribution in [3.63, 3.8) is 0 Å². The van der Waals surface area contributed by atoms with Crippen LogP contribution in [0.4, 0.5) is 11.4 Å². The molecule has 2 atom stereocenters. The molecule has 0 spiro atoms. The van der Waals surface area contributed by atoms with E-state index in [9.17, 15) is 19.2 Å². The molecule has 2 unspecified atom stereocenters. The van der Waals surface area contributed by atoms with Gasteiger partial charge in [-0.3, -0.25) is 19.2 Å². The molecule has 1 N–H and O–H groups in total. The molecular formula is C24H27N3O4. The first-order valence-corrected chi connectivity index (χ1v) is 10.4. The van der Waals surface area contributed by atoms with Crippen LogP contribution in [0.25, 0.3) is 0 Å². The third kappa shape index (κ3) is 4.66. The van der Waals surface area contributed by atoms with E-state index in [0.29, 0.717) is 23.4 Å². The summed E-state index contributed by atoms with van der Waals surface area (Å²) in [4.78, 5) is 53.3. The highest BCUT2D eigenvalue weighted by Gasteiger charge is 2.45. The number of nitrogens with zero attached hydrogens (tertiary/aromatic N) is 2. The Morgan fingerprint density at radius 3 is 2.42 bits per heavy atom. The van der Waals surface area contributed by atoms with Gasteiger partial charge >= 0.3 is 0 Å². The van der Waals surface area contributed by atoms with Crippen molar-refractivity contribution in [3.8, 4) is 0 Å². The minimum absolute atomic E-state index is 0.0613. The Balaban J connectivity index is 1.90. The third-order valence-electron chi connectivity index (χ3n) is 5.47. The lowest BCUT2D eigenvalue weighted by molar-refractivity contribution is -0.123. The number of imide groups is 1. The van der Waals surface area contributed by atoms with E-state index in [4.69, 9.17) is 0 Å². The highest BCUT2D eigenvalue weighted by molar-refractivity contribution is 6.23. The van der Waals surface area contributed by atoms with Crippen molar-refractivity contribution in [1.29, 1.82) is 0 Å². The topological polar surface area (TPSA) is 86.8 Å². The smallest absolute Gasteiger partial charge is 0.257 e. The second-order valence-corrected chi connectivity index (χ2v) is 7.85. The van der Waals surface area contributed by atoms with Crippen LogP contribution in [-0.2, 0) is 14.4 Å². The number of benzene rings is 2. The van der Waals surface area contributed by atoms with Gasteiger partial charge < -0.3 is 10.2 Å². The average Bonchev–Trinajstić information content (AvgIpc) is 3.02. The van der Waals surface area contributed by atoms with Gasteiger partial charge in [0.15, 0.2) is 0 Å². The van der Waals surface area contributed by atoms with Crippen molar-refractivity contribution in [2.75, 3.05) is 10.2 Å². The van der Waals surface area contributed by atoms with E-state index in [-0.39, 0.29) is 30.2 Å². The van der Waals surface area contributed by atoms with Crippen LogP contribution in [0, 0.1) is 6.92 Å². The van der Waals surface area contributed by atoms with E-state index in [2.05, 4.69) is 5.32 Å². The molecule has 3 rings (SSSR count). The zero-order valence-electron chi connectivity index (χ0n) is 18.2. The summed E-state index contributed by atoms with van der Waals surface area (Å²) in [7, 11) is 0. The maximum Gasteiger partial charge on any atom is 0.257 e. The van der Waals surface area contributed by atoms with Gasteiger partial charge in [0.25, 0.3) is 11.8 Å². The first-order chi connectivity index (χ1) is 14.7. The summed E-state index contributed by atoms with van der Waals surface area (Å²) in [6.45, 7) is 7.14. The van der Waals surface area contributed by atoms with Crippen molar-refractivity contribution >= 4 is 35.0 Å². The Labute approximate surface area is 182 Å². The molecule has 2 aromatic carbocycles. The summed E-state index contributed by atoms with van der Waals surface area (Å²) in [6.07, 6.45) is 0.592. The van der Waals surface area contributed by atoms with Gasteiger partial charge in [0.05, 0.1) is 12.1 Å². The van der Waals surface area contributed by atoms with E-state index in [1.54, 1.807) is 41.3 Å². The van der Waals surface area contributed by atoms with Crippen molar-refractivity contribution in [2.45, 2.75) is 52.6 Å². The van der Waals surface area contributed by atoms with Crippen LogP contribution in [0.3, 0.4) is 0 Å². The Morgan fingerprint density at radius 2 is 1.84 bits per heavy atom. The summed E-state index contributed by atoms with van der Waals surface area (Å²) in [6, 6.07) is 12.6. The molecule has 0 aromatic heterocycles. The second-order valence-electron chi connectivity index (χ2n) is 7.85. The van der Waals surface area contributed by atoms with Crippen molar-refractivity contribution in [2.24, 2.45) is 0 Å². The molecule has 1 heterocycles. The molecule has 4 amide bonds. The molecule has 2 aromatic rings. The second kappa shape index (κ2) is 9.12. The molecule has 0 radical (unpaired) electrons. The van der Waals surface area contributed by atoms with Gasteiger partial charge in [-0.15, -0.1) is 0 Å². The lowest BCUT2D eigenvalue weighted by Gasteiger charge is -2.33. The summed E-state index contributed by atoms with van der Waals surface area (Å²) < 4.78 is 0. The monoisotopic (exact) mass is 421 g/mol. The van der Waals surface area contributed by atoms with Gasteiger partial charge in [-0.2, -0.15) is 0 Å². The predicted molar refractivity (Wildman–Crippen MR) is 119 cm³/mol. The number of aryl methyl sites for hydroxylation is 1. The van der Waals surface area contributed by atoms with Gasteiger partial charge in [0, 0.05) is 24.2 Å². The van der Waals surface area contributed by atoms with E-state index in [1.165, 1.54) is 6.92 Å². The summed E-state index contributed by atoms with van der Waals surface area (Å²) in [5.41, 5.74) is 2.43. The van der Waals surface area contributed by atoms with E-state index in [1.807, 2.05) is 32.9 Å². The molecule has 1 aliphatic rings. The molecule has 0 bridgehead atoms. The molecule has 1 aliphatic heterocycles. The normalized spacial score (nSPS) is 16.9.